The second-order valence-corrected chi connectivity index (χ2v) is 4.92. The van der Waals surface area contributed by atoms with Crippen LogP contribution in [0.4, 0.5) is 4.39 Å². The van der Waals surface area contributed by atoms with Crippen LogP contribution in [0.3, 0.4) is 0 Å². The van der Waals surface area contributed by atoms with Gasteiger partial charge in [-0.15, -0.1) is 0 Å². The average Bonchev–Trinajstić information content (AvgIpc) is 2.89. The molecule has 0 aliphatic rings. The molecule has 0 fully saturated rings. The molecule has 6 heteroatoms. The van der Waals surface area contributed by atoms with Crippen molar-refractivity contribution in [2.45, 2.75) is 6.42 Å². The summed E-state index contributed by atoms with van der Waals surface area (Å²) in [5.41, 5.74) is 2.16. The normalized spacial score (nSPS) is 10.8. The fourth-order valence-electron chi connectivity index (χ4n) is 2.33. The van der Waals surface area contributed by atoms with Gasteiger partial charge < -0.3 is 15.4 Å². The Morgan fingerprint density at radius 1 is 1.32 bits per heavy atom. The Morgan fingerprint density at radius 2 is 2.18 bits per heavy atom. The van der Waals surface area contributed by atoms with Crippen LogP contribution in [-0.4, -0.2) is 27.5 Å². The molecular weight excluding hydrogens is 285 g/mol. The third kappa shape index (κ3) is 2.90. The third-order valence-electron chi connectivity index (χ3n) is 3.42. The van der Waals surface area contributed by atoms with Crippen molar-refractivity contribution in [2.75, 3.05) is 6.54 Å². The number of phenols is 1. The van der Waals surface area contributed by atoms with Crippen molar-refractivity contribution < 1.29 is 14.3 Å². The number of carbonyl (C=O) groups excluding carboxylic acids is 1. The van der Waals surface area contributed by atoms with E-state index in [0.717, 1.165) is 22.5 Å². The molecule has 0 aliphatic carbocycles. The first kappa shape index (κ1) is 14.1. The number of hydrogen-bond donors (Lipinski definition) is 3. The molecule has 3 aromatic rings. The van der Waals surface area contributed by atoms with Gasteiger partial charge in [-0.3, -0.25) is 4.79 Å². The standard InChI is InChI=1S/C16H14FN3O2/c17-15-7-10(3-5-18-15)16(22)19-6-4-11-9-20-14-2-1-12(21)8-13(11)14/h1-3,5,7-9,20-21H,4,6H2,(H,19,22). The Kier molecular flexibility index (Phi) is 3.74. The van der Waals surface area contributed by atoms with Gasteiger partial charge in [0, 0.05) is 41.5 Å². The number of phenolic OH excluding ortho intramolecular Hbond substituents is 1. The molecule has 112 valence electrons. The van der Waals surface area contributed by atoms with Crippen molar-refractivity contribution in [3.05, 3.63) is 59.8 Å². The van der Waals surface area contributed by atoms with Crippen molar-refractivity contribution >= 4 is 16.8 Å². The van der Waals surface area contributed by atoms with Crippen LogP contribution in [0.25, 0.3) is 10.9 Å². The first-order chi connectivity index (χ1) is 10.6. The topological polar surface area (TPSA) is 78.0 Å². The van der Waals surface area contributed by atoms with Crippen LogP contribution in [-0.2, 0) is 6.42 Å². The molecule has 2 aromatic heterocycles. The average molecular weight is 299 g/mol. The van der Waals surface area contributed by atoms with Gasteiger partial charge in [0.15, 0.2) is 0 Å². The predicted molar refractivity (Wildman–Crippen MR) is 80.2 cm³/mol. The van der Waals surface area contributed by atoms with E-state index in [1.165, 1.54) is 12.3 Å². The maximum atomic E-state index is 13.0. The molecule has 0 unspecified atom stereocenters. The Bertz CT molecular complexity index is 829. The summed E-state index contributed by atoms with van der Waals surface area (Å²) in [6.45, 7) is 0.408. The van der Waals surface area contributed by atoms with Crippen LogP contribution < -0.4 is 5.32 Å². The Morgan fingerprint density at radius 3 is 3.00 bits per heavy atom. The Balaban J connectivity index is 1.65. The van der Waals surface area contributed by atoms with E-state index in [-0.39, 0.29) is 17.2 Å². The number of H-pyrrole nitrogens is 1. The molecule has 0 saturated carbocycles. The monoisotopic (exact) mass is 299 g/mol. The minimum Gasteiger partial charge on any atom is -0.508 e. The molecule has 0 spiro atoms. The summed E-state index contributed by atoms with van der Waals surface area (Å²) in [5.74, 6) is -0.826. The summed E-state index contributed by atoms with van der Waals surface area (Å²) < 4.78 is 13.0. The summed E-state index contributed by atoms with van der Waals surface area (Å²) in [6.07, 6.45) is 3.71. The highest BCUT2D eigenvalue weighted by atomic mass is 19.1. The molecule has 2 heterocycles. The number of fused-ring (bicyclic) bond motifs is 1. The number of nitrogens with zero attached hydrogens (tertiary/aromatic N) is 1. The number of hydrogen-bond acceptors (Lipinski definition) is 3. The second-order valence-electron chi connectivity index (χ2n) is 4.92. The number of amides is 1. The molecule has 22 heavy (non-hydrogen) atoms. The lowest BCUT2D eigenvalue weighted by Crippen LogP contribution is -2.25. The van der Waals surface area contributed by atoms with Crippen LogP contribution in [0.1, 0.15) is 15.9 Å². The zero-order valence-electron chi connectivity index (χ0n) is 11.6. The van der Waals surface area contributed by atoms with E-state index in [1.54, 1.807) is 18.2 Å². The number of aromatic hydroxyl groups is 1. The van der Waals surface area contributed by atoms with E-state index in [2.05, 4.69) is 15.3 Å². The molecule has 0 aliphatic heterocycles. The van der Waals surface area contributed by atoms with Gasteiger partial charge in [0.2, 0.25) is 5.95 Å². The van der Waals surface area contributed by atoms with Crippen molar-refractivity contribution in [1.82, 2.24) is 15.3 Å². The number of carbonyl (C=O) groups is 1. The van der Waals surface area contributed by atoms with Crippen molar-refractivity contribution in [3.63, 3.8) is 0 Å². The molecule has 0 saturated heterocycles. The van der Waals surface area contributed by atoms with Crippen LogP contribution in [0.5, 0.6) is 5.75 Å². The molecule has 1 amide bonds. The van der Waals surface area contributed by atoms with E-state index in [1.807, 2.05) is 6.20 Å². The lowest BCUT2D eigenvalue weighted by Gasteiger charge is -2.05. The van der Waals surface area contributed by atoms with Crippen molar-refractivity contribution in [2.24, 2.45) is 0 Å². The van der Waals surface area contributed by atoms with Crippen LogP contribution >= 0.6 is 0 Å². The van der Waals surface area contributed by atoms with Gasteiger partial charge in [0.1, 0.15) is 5.75 Å². The minimum absolute atomic E-state index is 0.199. The molecule has 1 aromatic carbocycles. The van der Waals surface area contributed by atoms with Crippen LogP contribution in [0.15, 0.2) is 42.7 Å². The van der Waals surface area contributed by atoms with E-state index >= 15 is 0 Å². The van der Waals surface area contributed by atoms with Gasteiger partial charge in [-0.1, -0.05) is 0 Å². The van der Waals surface area contributed by atoms with Gasteiger partial charge in [0.05, 0.1) is 0 Å². The van der Waals surface area contributed by atoms with Crippen LogP contribution in [0, 0.1) is 5.95 Å². The number of halogens is 1. The molecule has 3 N–H and O–H groups in total. The lowest BCUT2D eigenvalue weighted by molar-refractivity contribution is 0.0953. The zero-order chi connectivity index (χ0) is 15.5. The summed E-state index contributed by atoms with van der Waals surface area (Å²) in [5, 5.41) is 13.2. The number of benzene rings is 1. The summed E-state index contributed by atoms with van der Waals surface area (Å²) >= 11 is 0. The largest absolute Gasteiger partial charge is 0.508 e. The van der Waals surface area contributed by atoms with Gasteiger partial charge in [-0.05, 0) is 36.2 Å². The van der Waals surface area contributed by atoms with E-state index < -0.39 is 5.95 Å². The first-order valence-corrected chi connectivity index (χ1v) is 6.82. The summed E-state index contributed by atoms with van der Waals surface area (Å²) in [6, 6.07) is 7.65. The first-order valence-electron chi connectivity index (χ1n) is 6.82. The molecule has 0 bridgehead atoms. The van der Waals surface area contributed by atoms with Gasteiger partial charge >= 0.3 is 0 Å². The van der Waals surface area contributed by atoms with Crippen molar-refractivity contribution in [1.29, 1.82) is 0 Å². The number of aromatic nitrogens is 2. The zero-order valence-corrected chi connectivity index (χ0v) is 11.6. The number of pyridine rings is 1. The number of nitrogens with one attached hydrogen (secondary N) is 2. The van der Waals surface area contributed by atoms with Gasteiger partial charge in [-0.25, -0.2) is 4.98 Å². The third-order valence-corrected chi connectivity index (χ3v) is 3.42. The SMILES string of the molecule is O=C(NCCc1c[nH]c2ccc(O)cc12)c1ccnc(F)c1. The lowest BCUT2D eigenvalue weighted by atomic mass is 10.1. The van der Waals surface area contributed by atoms with Crippen LogP contribution in [0.2, 0.25) is 0 Å². The molecular formula is C16H14FN3O2. The highest BCUT2D eigenvalue weighted by molar-refractivity contribution is 5.94. The summed E-state index contributed by atoms with van der Waals surface area (Å²) in [4.78, 5) is 18.4. The fourth-order valence-corrected chi connectivity index (χ4v) is 2.33. The van der Waals surface area contributed by atoms with E-state index in [9.17, 15) is 14.3 Å². The number of rotatable bonds is 4. The fraction of sp³-hybridized carbons (Fsp3) is 0.125. The highest BCUT2D eigenvalue weighted by Gasteiger charge is 2.08. The smallest absolute Gasteiger partial charge is 0.251 e. The predicted octanol–water partition coefficient (Wildman–Crippen LogP) is 2.38. The highest BCUT2D eigenvalue weighted by Crippen LogP contribution is 2.23. The molecule has 0 atom stereocenters. The van der Waals surface area contributed by atoms with Gasteiger partial charge in [0.25, 0.3) is 5.91 Å². The maximum Gasteiger partial charge on any atom is 0.251 e. The van der Waals surface area contributed by atoms with Crippen molar-refractivity contribution in [3.8, 4) is 5.75 Å². The summed E-state index contributed by atoms with van der Waals surface area (Å²) in [7, 11) is 0. The Labute approximate surface area is 125 Å². The van der Waals surface area contributed by atoms with Gasteiger partial charge in [-0.2, -0.15) is 4.39 Å². The number of aromatic amines is 1. The maximum absolute atomic E-state index is 13.0. The molecule has 0 radical (unpaired) electrons. The van der Waals surface area contributed by atoms with E-state index in [4.69, 9.17) is 0 Å². The minimum atomic E-state index is -0.681. The molecule has 3 rings (SSSR count). The van der Waals surface area contributed by atoms with E-state index in [0.29, 0.717) is 13.0 Å². The second kappa shape index (κ2) is 5.85. The Hall–Kier alpha value is -2.89. The molecule has 5 nitrogen and oxygen atoms in total. The quantitative estimate of drug-likeness (QED) is 0.647.